The second-order valence-electron chi connectivity index (χ2n) is 5.19. The van der Waals surface area contributed by atoms with Crippen LogP contribution in [0.5, 0.6) is 0 Å². The molecule has 2 aromatic rings. The first kappa shape index (κ1) is 12.6. The van der Waals surface area contributed by atoms with Gasteiger partial charge in [0.05, 0.1) is 0 Å². The van der Waals surface area contributed by atoms with Crippen LogP contribution in [0.15, 0.2) is 42.6 Å². The normalized spacial score (nSPS) is 21.7. The summed E-state index contributed by atoms with van der Waals surface area (Å²) in [6, 6.07) is 14.9. The third kappa shape index (κ3) is 2.35. The highest BCUT2D eigenvalue weighted by Crippen LogP contribution is 2.33. The Morgan fingerprint density at radius 1 is 1.25 bits per heavy atom. The van der Waals surface area contributed by atoms with Gasteiger partial charge in [0.15, 0.2) is 0 Å². The van der Waals surface area contributed by atoms with Gasteiger partial charge in [-0.3, -0.25) is 0 Å². The number of hydrogen-bond donors (Lipinski definition) is 0. The lowest BCUT2D eigenvalue weighted by Gasteiger charge is -2.22. The molecule has 2 atom stereocenters. The largest absolute Gasteiger partial charge is 0.353 e. The SMILES string of the molecule is CC1CC(c2ccccc2)CN1c1ccnc(C#N)n1. The zero-order chi connectivity index (χ0) is 13.9. The highest BCUT2D eigenvalue weighted by atomic mass is 15.2. The van der Waals surface area contributed by atoms with Crippen molar-refractivity contribution in [3.8, 4) is 6.07 Å². The molecule has 1 aromatic carbocycles. The zero-order valence-electron chi connectivity index (χ0n) is 11.4. The molecular formula is C16H16N4. The average molecular weight is 264 g/mol. The molecule has 0 aliphatic carbocycles. The monoisotopic (exact) mass is 264 g/mol. The first-order chi connectivity index (χ1) is 9.78. The van der Waals surface area contributed by atoms with E-state index in [9.17, 15) is 0 Å². The standard InChI is InChI=1S/C16H16N4/c1-12-9-14(13-5-3-2-4-6-13)11-20(12)16-7-8-18-15(10-17)19-16/h2-8,12,14H,9,11H2,1H3. The molecule has 1 aromatic heterocycles. The maximum Gasteiger partial charge on any atom is 0.234 e. The number of benzene rings is 1. The van der Waals surface area contributed by atoms with Crippen LogP contribution >= 0.6 is 0 Å². The molecule has 100 valence electrons. The number of nitrogens with zero attached hydrogens (tertiary/aromatic N) is 4. The van der Waals surface area contributed by atoms with E-state index in [1.807, 2.05) is 18.2 Å². The fraction of sp³-hybridized carbons (Fsp3) is 0.312. The maximum atomic E-state index is 8.91. The fourth-order valence-corrected chi connectivity index (χ4v) is 2.88. The van der Waals surface area contributed by atoms with Gasteiger partial charge in [0, 0.05) is 24.7 Å². The summed E-state index contributed by atoms with van der Waals surface area (Å²) in [5.41, 5.74) is 1.37. The molecule has 0 spiro atoms. The van der Waals surface area contributed by atoms with Crippen LogP contribution in [0, 0.1) is 11.3 Å². The van der Waals surface area contributed by atoms with E-state index >= 15 is 0 Å². The van der Waals surface area contributed by atoms with Crippen LogP contribution in [0.1, 0.15) is 30.7 Å². The van der Waals surface area contributed by atoms with E-state index in [4.69, 9.17) is 5.26 Å². The van der Waals surface area contributed by atoms with Crippen molar-refractivity contribution in [2.24, 2.45) is 0 Å². The third-order valence-corrected chi connectivity index (χ3v) is 3.88. The Balaban J connectivity index is 1.84. The molecule has 1 aliphatic rings. The van der Waals surface area contributed by atoms with Crippen molar-refractivity contribution in [2.45, 2.75) is 25.3 Å². The quantitative estimate of drug-likeness (QED) is 0.837. The van der Waals surface area contributed by atoms with Crippen LogP contribution in [0.25, 0.3) is 0 Å². The average Bonchev–Trinajstić information content (AvgIpc) is 2.90. The highest BCUT2D eigenvalue weighted by molar-refractivity contribution is 5.43. The maximum absolute atomic E-state index is 8.91. The van der Waals surface area contributed by atoms with Gasteiger partial charge in [-0.2, -0.15) is 5.26 Å². The molecule has 2 heterocycles. The fourth-order valence-electron chi connectivity index (χ4n) is 2.88. The molecule has 0 bridgehead atoms. The van der Waals surface area contributed by atoms with Crippen LogP contribution in [0.2, 0.25) is 0 Å². The van der Waals surface area contributed by atoms with Crippen LogP contribution in [0.4, 0.5) is 5.82 Å². The Bertz CT molecular complexity index is 632. The summed E-state index contributed by atoms with van der Waals surface area (Å²) in [5.74, 6) is 1.60. The second kappa shape index (κ2) is 5.30. The van der Waals surface area contributed by atoms with E-state index in [-0.39, 0.29) is 5.82 Å². The molecule has 0 radical (unpaired) electrons. The minimum Gasteiger partial charge on any atom is -0.353 e. The highest BCUT2D eigenvalue weighted by Gasteiger charge is 2.30. The minimum atomic E-state index is 0.234. The second-order valence-corrected chi connectivity index (χ2v) is 5.19. The van der Waals surface area contributed by atoms with E-state index in [1.165, 1.54) is 5.56 Å². The molecule has 1 fully saturated rings. The Morgan fingerprint density at radius 2 is 2.05 bits per heavy atom. The van der Waals surface area contributed by atoms with Gasteiger partial charge >= 0.3 is 0 Å². The van der Waals surface area contributed by atoms with Crippen molar-refractivity contribution in [1.29, 1.82) is 5.26 Å². The predicted molar refractivity (Wildman–Crippen MR) is 77.4 cm³/mol. The Morgan fingerprint density at radius 3 is 2.80 bits per heavy atom. The van der Waals surface area contributed by atoms with E-state index in [2.05, 4.69) is 46.1 Å². The van der Waals surface area contributed by atoms with Crippen LogP contribution < -0.4 is 4.90 Å². The number of nitriles is 1. The Kier molecular flexibility index (Phi) is 3.34. The molecule has 3 rings (SSSR count). The molecule has 0 amide bonds. The van der Waals surface area contributed by atoms with Gasteiger partial charge in [0.25, 0.3) is 0 Å². The van der Waals surface area contributed by atoms with Gasteiger partial charge in [-0.25, -0.2) is 9.97 Å². The van der Waals surface area contributed by atoms with Gasteiger partial charge < -0.3 is 4.90 Å². The van der Waals surface area contributed by atoms with Gasteiger partial charge in [-0.15, -0.1) is 0 Å². The topological polar surface area (TPSA) is 52.8 Å². The Labute approximate surface area is 118 Å². The van der Waals surface area contributed by atoms with Gasteiger partial charge in [-0.1, -0.05) is 30.3 Å². The molecule has 0 N–H and O–H groups in total. The van der Waals surface area contributed by atoms with Crippen molar-refractivity contribution < 1.29 is 0 Å². The summed E-state index contributed by atoms with van der Waals surface area (Å²) in [5, 5.41) is 8.91. The third-order valence-electron chi connectivity index (χ3n) is 3.88. The lowest BCUT2D eigenvalue weighted by molar-refractivity contribution is 0.696. The summed E-state index contributed by atoms with van der Waals surface area (Å²) in [7, 11) is 0. The van der Waals surface area contributed by atoms with Gasteiger partial charge in [-0.05, 0) is 25.0 Å². The summed E-state index contributed by atoms with van der Waals surface area (Å²) in [6.07, 6.45) is 2.76. The molecular weight excluding hydrogens is 248 g/mol. The molecule has 4 nitrogen and oxygen atoms in total. The van der Waals surface area contributed by atoms with Crippen molar-refractivity contribution in [1.82, 2.24) is 9.97 Å². The molecule has 1 aliphatic heterocycles. The van der Waals surface area contributed by atoms with Crippen LogP contribution in [-0.4, -0.2) is 22.6 Å². The Hall–Kier alpha value is -2.41. The summed E-state index contributed by atoms with van der Waals surface area (Å²) >= 11 is 0. The first-order valence-corrected chi connectivity index (χ1v) is 6.82. The summed E-state index contributed by atoms with van der Waals surface area (Å²) < 4.78 is 0. The molecule has 2 unspecified atom stereocenters. The van der Waals surface area contributed by atoms with E-state index < -0.39 is 0 Å². The molecule has 1 saturated heterocycles. The summed E-state index contributed by atoms with van der Waals surface area (Å²) in [6.45, 7) is 3.14. The van der Waals surface area contributed by atoms with E-state index in [0.717, 1.165) is 18.8 Å². The van der Waals surface area contributed by atoms with Crippen molar-refractivity contribution in [3.05, 3.63) is 54.0 Å². The van der Waals surface area contributed by atoms with Gasteiger partial charge in [0.2, 0.25) is 5.82 Å². The van der Waals surface area contributed by atoms with Crippen molar-refractivity contribution in [2.75, 3.05) is 11.4 Å². The molecule has 0 saturated carbocycles. The van der Waals surface area contributed by atoms with Crippen LogP contribution in [0.3, 0.4) is 0 Å². The van der Waals surface area contributed by atoms with Gasteiger partial charge in [0.1, 0.15) is 11.9 Å². The van der Waals surface area contributed by atoms with Crippen molar-refractivity contribution >= 4 is 5.82 Å². The molecule has 4 heteroatoms. The molecule has 20 heavy (non-hydrogen) atoms. The predicted octanol–water partition coefficient (Wildman–Crippen LogP) is 2.73. The first-order valence-electron chi connectivity index (χ1n) is 6.82. The minimum absolute atomic E-state index is 0.234. The van der Waals surface area contributed by atoms with Crippen LogP contribution in [-0.2, 0) is 0 Å². The smallest absolute Gasteiger partial charge is 0.234 e. The van der Waals surface area contributed by atoms with Crippen molar-refractivity contribution in [3.63, 3.8) is 0 Å². The number of aromatic nitrogens is 2. The lowest BCUT2D eigenvalue weighted by atomic mass is 9.97. The van der Waals surface area contributed by atoms with E-state index in [0.29, 0.717) is 12.0 Å². The van der Waals surface area contributed by atoms with E-state index in [1.54, 1.807) is 6.20 Å². The lowest BCUT2D eigenvalue weighted by Crippen LogP contribution is -2.27. The summed E-state index contributed by atoms with van der Waals surface area (Å²) in [4.78, 5) is 10.5. The zero-order valence-corrected chi connectivity index (χ0v) is 11.4. The number of hydrogen-bond acceptors (Lipinski definition) is 4. The number of rotatable bonds is 2. The number of anilines is 1.